The summed E-state index contributed by atoms with van der Waals surface area (Å²) in [6.07, 6.45) is 2.03. The molecule has 2 saturated heterocycles. The average Bonchev–Trinajstić information content (AvgIpc) is 2.76. The molecule has 0 radical (unpaired) electrons. The number of carbonyl (C=O) groups is 1. The van der Waals surface area contributed by atoms with Gasteiger partial charge in [-0.3, -0.25) is 9.69 Å². The predicted octanol–water partition coefficient (Wildman–Crippen LogP) is 0.0566. The number of anilines is 1. The van der Waals surface area contributed by atoms with Crippen molar-refractivity contribution in [1.82, 2.24) is 19.8 Å². The van der Waals surface area contributed by atoms with E-state index in [0.717, 1.165) is 32.7 Å². The van der Waals surface area contributed by atoms with Crippen LogP contribution in [-0.2, 0) is 4.74 Å². The highest BCUT2D eigenvalue weighted by Gasteiger charge is 2.34. The lowest BCUT2D eigenvalue weighted by Crippen LogP contribution is -2.48. The van der Waals surface area contributed by atoms with Crippen LogP contribution >= 0.6 is 0 Å². The molecule has 2 aliphatic heterocycles. The summed E-state index contributed by atoms with van der Waals surface area (Å²) < 4.78 is 5.36. The Morgan fingerprint density at radius 1 is 1.28 bits per heavy atom. The van der Waals surface area contributed by atoms with E-state index >= 15 is 0 Å². The van der Waals surface area contributed by atoms with Gasteiger partial charge in [0.2, 0.25) is 5.95 Å². The lowest BCUT2D eigenvalue weighted by atomic mass is 9.94. The molecule has 0 aliphatic carbocycles. The van der Waals surface area contributed by atoms with Gasteiger partial charge < -0.3 is 20.5 Å². The smallest absolute Gasteiger partial charge is 0.272 e. The van der Waals surface area contributed by atoms with E-state index in [1.807, 2.05) is 0 Å². The summed E-state index contributed by atoms with van der Waals surface area (Å²) in [4.78, 5) is 24.8. The number of ether oxygens (including phenoxy) is 1. The second-order valence-electron chi connectivity index (χ2n) is 7.01. The Morgan fingerprint density at radius 3 is 2.76 bits per heavy atom. The topological polar surface area (TPSA) is 105 Å². The van der Waals surface area contributed by atoms with Gasteiger partial charge in [0.05, 0.1) is 18.8 Å². The molecule has 0 aromatic carbocycles. The Hall–Kier alpha value is -1.77. The van der Waals surface area contributed by atoms with Crippen LogP contribution in [0.3, 0.4) is 0 Å². The molecule has 1 aromatic heterocycles. The summed E-state index contributed by atoms with van der Waals surface area (Å²) in [6.45, 7) is 6.70. The van der Waals surface area contributed by atoms with Crippen molar-refractivity contribution in [3.05, 3.63) is 17.5 Å². The lowest BCUT2D eigenvalue weighted by molar-refractivity contribution is -0.0389. The first-order chi connectivity index (χ1) is 12.0. The van der Waals surface area contributed by atoms with Crippen LogP contribution in [0.5, 0.6) is 0 Å². The van der Waals surface area contributed by atoms with Crippen molar-refractivity contribution in [3.8, 4) is 0 Å². The van der Waals surface area contributed by atoms with Gasteiger partial charge in [0.15, 0.2) is 0 Å². The Morgan fingerprint density at radius 2 is 2.04 bits per heavy atom. The highest BCUT2D eigenvalue weighted by molar-refractivity contribution is 5.92. The Bertz CT molecular complexity index is 600. The largest absolute Gasteiger partial charge is 0.388 e. The van der Waals surface area contributed by atoms with Crippen LogP contribution < -0.4 is 5.73 Å². The number of hydrogen-bond donors (Lipinski definition) is 2. The number of amides is 1. The van der Waals surface area contributed by atoms with E-state index in [-0.39, 0.29) is 11.9 Å². The molecule has 0 spiro atoms. The molecule has 3 rings (SSSR count). The molecule has 25 heavy (non-hydrogen) atoms. The number of hydrogen-bond acceptors (Lipinski definition) is 7. The average molecular weight is 349 g/mol. The summed E-state index contributed by atoms with van der Waals surface area (Å²) in [6, 6.07) is 1.66. The first kappa shape index (κ1) is 18.0. The van der Waals surface area contributed by atoms with E-state index < -0.39 is 5.60 Å². The van der Waals surface area contributed by atoms with Gasteiger partial charge in [-0.25, -0.2) is 9.97 Å². The molecule has 8 heteroatoms. The van der Waals surface area contributed by atoms with E-state index in [1.54, 1.807) is 17.9 Å². The first-order valence-electron chi connectivity index (χ1n) is 8.88. The molecule has 8 nitrogen and oxygen atoms in total. The van der Waals surface area contributed by atoms with Crippen molar-refractivity contribution >= 4 is 11.9 Å². The molecule has 1 aromatic rings. The zero-order valence-corrected chi connectivity index (χ0v) is 14.8. The molecule has 0 saturated carbocycles. The fourth-order valence-electron chi connectivity index (χ4n) is 3.58. The number of aryl methyl sites for hydroxylation is 1. The Kier molecular flexibility index (Phi) is 5.51. The second-order valence-corrected chi connectivity index (χ2v) is 7.01. The number of morpholine rings is 1. The monoisotopic (exact) mass is 349 g/mol. The fraction of sp³-hybridized carbons (Fsp3) is 0.706. The molecule has 1 atom stereocenters. The van der Waals surface area contributed by atoms with Gasteiger partial charge in [0, 0.05) is 38.4 Å². The van der Waals surface area contributed by atoms with E-state index in [0.29, 0.717) is 43.9 Å². The van der Waals surface area contributed by atoms with Gasteiger partial charge >= 0.3 is 0 Å². The molecule has 2 fully saturated rings. The van der Waals surface area contributed by atoms with Gasteiger partial charge in [0.25, 0.3) is 5.91 Å². The predicted molar refractivity (Wildman–Crippen MR) is 93.1 cm³/mol. The standard InChI is InChI=1S/C17H27N5O3/c1-13-11-14(20-16(18)19-13)15(23)22-5-2-3-17(24,4-6-22)12-21-7-9-25-10-8-21/h11,24H,2-10,12H2,1H3,(H2,18,19,20)/t17-/m1/s1. The zero-order valence-electron chi connectivity index (χ0n) is 14.8. The quantitative estimate of drug-likeness (QED) is 0.795. The Labute approximate surface area is 148 Å². The molecule has 0 unspecified atom stereocenters. The van der Waals surface area contributed by atoms with E-state index in [2.05, 4.69) is 14.9 Å². The number of nitrogens with zero attached hydrogens (tertiary/aromatic N) is 4. The number of carbonyl (C=O) groups excluding carboxylic acids is 1. The van der Waals surface area contributed by atoms with E-state index in [1.165, 1.54) is 0 Å². The highest BCUT2D eigenvalue weighted by Crippen LogP contribution is 2.25. The van der Waals surface area contributed by atoms with Crippen molar-refractivity contribution < 1.29 is 14.6 Å². The van der Waals surface area contributed by atoms with Crippen molar-refractivity contribution in [2.75, 3.05) is 51.7 Å². The second kappa shape index (κ2) is 7.63. The molecule has 3 N–H and O–H groups in total. The third kappa shape index (κ3) is 4.65. The summed E-state index contributed by atoms with van der Waals surface area (Å²) >= 11 is 0. The van der Waals surface area contributed by atoms with Crippen LogP contribution in [0.15, 0.2) is 6.07 Å². The van der Waals surface area contributed by atoms with Gasteiger partial charge in [0.1, 0.15) is 5.69 Å². The molecule has 3 heterocycles. The molecular formula is C17H27N5O3. The van der Waals surface area contributed by atoms with Crippen LogP contribution in [0, 0.1) is 6.92 Å². The summed E-state index contributed by atoms with van der Waals surface area (Å²) in [5.41, 5.74) is 5.90. The summed E-state index contributed by atoms with van der Waals surface area (Å²) in [5.74, 6) is -0.0326. The maximum Gasteiger partial charge on any atom is 0.272 e. The molecule has 1 amide bonds. The van der Waals surface area contributed by atoms with E-state index in [4.69, 9.17) is 10.5 Å². The van der Waals surface area contributed by atoms with Crippen LogP contribution in [0.25, 0.3) is 0 Å². The molecule has 2 aliphatic rings. The summed E-state index contributed by atoms with van der Waals surface area (Å²) in [7, 11) is 0. The zero-order chi connectivity index (χ0) is 17.9. The minimum Gasteiger partial charge on any atom is -0.388 e. The van der Waals surface area contributed by atoms with Gasteiger partial charge in [-0.2, -0.15) is 0 Å². The van der Waals surface area contributed by atoms with Crippen molar-refractivity contribution in [2.24, 2.45) is 0 Å². The highest BCUT2D eigenvalue weighted by atomic mass is 16.5. The first-order valence-corrected chi connectivity index (χ1v) is 8.88. The third-order valence-electron chi connectivity index (χ3n) is 4.92. The number of rotatable bonds is 3. The number of aliphatic hydroxyl groups is 1. The van der Waals surface area contributed by atoms with Crippen molar-refractivity contribution in [2.45, 2.75) is 31.8 Å². The van der Waals surface area contributed by atoms with Crippen LogP contribution in [0.4, 0.5) is 5.95 Å². The minimum atomic E-state index is -0.757. The van der Waals surface area contributed by atoms with Crippen LogP contribution in [-0.4, -0.2) is 82.3 Å². The number of β-amino-alcohol motifs (C(OH)–C–C–N with tert-alkyl or cyclic N) is 1. The molecule has 138 valence electrons. The maximum absolute atomic E-state index is 12.7. The van der Waals surface area contributed by atoms with Crippen LogP contribution in [0.1, 0.15) is 35.4 Å². The molecular weight excluding hydrogens is 322 g/mol. The lowest BCUT2D eigenvalue weighted by Gasteiger charge is -2.35. The van der Waals surface area contributed by atoms with Gasteiger partial charge in [-0.1, -0.05) is 0 Å². The third-order valence-corrected chi connectivity index (χ3v) is 4.92. The van der Waals surface area contributed by atoms with Crippen molar-refractivity contribution in [3.63, 3.8) is 0 Å². The SMILES string of the molecule is Cc1cc(C(=O)N2CCC[C@](O)(CN3CCOCC3)CC2)nc(N)n1. The number of nitrogens with two attached hydrogens (primary N) is 1. The van der Waals surface area contributed by atoms with Crippen molar-refractivity contribution in [1.29, 1.82) is 0 Å². The maximum atomic E-state index is 12.7. The van der Waals surface area contributed by atoms with E-state index in [9.17, 15) is 9.90 Å². The van der Waals surface area contributed by atoms with Gasteiger partial charge in [-0.15, -0.1) is 0 Å². The minimum absolute atomic E-state index is 0.113. The normalized spacial score (nSPS) is 25.6. The van der Waals surface area contributed by atoms with Crippen LogP contribution in [0.2, 0.25) is 0 Å². The number of likely N-dealkylation sites (tertiary alicyclic amines) is 1. The van der Waals surface area contributed by atoms with Gasteiger partial charge in [-0.05, 0) is 32.3 Å². The number of aromatic nitrogens is 2. The molecule has 0 bridgehead atoms. The Balaban J connectivity index is 1.63. The fourth-order valence-corrected chi connectivity index (χ4v) is 3.58. The number of nitrogen functional groups attached to an aromatic ring is 1. The summed E-state index contributed by atoms with van der Waals surface area (Å²) in [5, 5.41) is 11.0.